The topological polar surface area (TPSA) is 57.6 Å². The number of carboxylic acid groups (broad SMARTS) is 1. The molecule has 2 aliphatic rings. The molecule has 1 heterocycles. The van der Waals surface area contributed by atoms with Crippen LogP contribution in [0.2, 0.25) is 0 Å². The maximum Gasteiger partial charge on any atom is 0.407 e. The molecule has 0 bridgehead atoms. The van der Waals surface area contributed by atoms with E-state index in [1.165, 1.54) is 10.5 Å². The molecule has 0 spiro atoms. The van der Waals surface area contributed by atoms with Crippen LogP contribution in [-0.2, 0) is 0 Å². The number of likely N-dealkylation sites (tertiary alicyclic amines) is 1. The molecule has 1 aliphatic carbocycles. The van der Waals surface area contributed by atoms with Gasteiger partial charge in [-0.1, -0.05) is 29.8 Å². The van der Waals surface area contributed by atoms with E-state index < -0.39 is 6.09 Å². The highest BCUT2D eigenvalue weighted by molar-refractivity contribution is 6.12. The number of carbonyl (C=O) groups is 2. The quantitative estimate of drug-likeness (QED) is 0.777. The van der Waals surface area contributed by atoms with Crippen LogP contribution >= 0.6 is 0 Å². The normalized spacial score (nSPS) is 18.7. The summed E-state index contributed by atoms with van der Waals surface area (Å²) in [5.74, 6) is 0.179. The van der Waals surface area contributed by atoms with Crippen LogP contribution in [0.25, 0.3) is 5.57 Å². The number of piperidine rings is 1. The molecule has 1 aromatic carbocycles. The first-order chi connectivity index (χ1) is 9.16. The Labute approximate surface area is 111 Å². The van der Waals surface area contributed by atoms with Gasteiger partial charge in [-0.2, -0.15) is 0 Å². The maximum atomic E-state index is 12.0. The summed E-state index contributed by atoms with van der Waals surface area (Å²) >= 11 is 0. The van der Waals surface area contributed by atoms with Gasteiger partial charge in [0.1, 0.15) is 0 Å². The molecule has 1 N–H and O–H groups in total. The first-order valence-corrected chi connectivity index (χ1v) is 6.48. The van der Waals surface area contributed by atoms with Gasteiger partial charge in [-0.25, -0.2) is 4.79 Å². The molecular weight excluding hydrogens is 242 g/mol. The van der Waals surface area contributed by atoms with Crippen molar-refractivity contribution < 1.29 is 14.7 Å². The van der Waals surface area contributed by atoms with Crippen molar-refractivity contribution >= 4 is 17.4 Å². The Morgan fingerprint density at radius 3 is 2.37 bits per heavy atom. The van der Waals surface area contributed by atoms with E-state index in [2.05, 4.69) is 0 Å². The van der Waals surface area contributed by atoms with Gasteiger partial charge in [0.2, 0.25) is 0 Å². The number of hydrogen-bond donors (Lipinski definition) is 1. The molecule has 3 rings (SSSR count). The van der Waals surface area contributed by atoms with Gasteiger partial charge in [-0.05, 0) is 24.0 Å². The van der Waals surface area contributed by atoms with Gasteiger partial charge >= 0.3 is 6.09 Å². The third-order valence-corrected chi connectivity index (χ3v) is 3.95. The molecule has 1 saturated heterocycles. The molecule has 98 valence electrons. The molecule has 0 unspecified atom stereocenters. The van der Waals surface area contributed by atoms with Gasteiger partial charge in [0, 0.05) is 25.1 Å². The number of benzene rings is 1. The van der Waals surface area contributed by atoms with E-state index in [-0.39, 0.29) is 5.78 Å². The molecule has 1 amide bonds. The van der Waals surface area contributed by atoms with Crippen LogP contribution in [-0.4, -0.2) is 35.0 Å². The van der Waals surface area contributed by atoms with Gasteiger partial charge in [0.05, 0.1) is 0 Å². The number of carbonyl (C=O) groups excluding carboxylic acids is 1. The lowest BCUT2D eigenvalue weighted by Gasteiger charge is -2.27. The predicted octanol–water partition coefficient (Wildman–Crippen LogP) is 2.80. The lowest BCUT2D eigenvalue weighted by Crippen LogP contribution is -2.35. The lowest BCUT2D eigenvalue weighted by atomic mass is 9.94. The van der Waals surface area contributed by atoms with Gasteiger partial charge in [-0.15, -0.1) is 0 Å². The van der Waals surface area contributed by atoms with Crippen LogP contribution in [0.15, 0.2) is 29.8 Å². The van der Waals surface area contributed by atoms with E-state index in [4.69, 9.17) is 5.11 Å². The number of nitrogens with zero attached hydrogens (tertiary/aromatic N) is 1. The fraction of sp³-hybridized carbons (Fsp3) is 0.333. The zero-order valence-corrected chi connectivity index (χ0v) is 10.6. The maximum absolute atomic E-state index is 12.0. The average molecular weight is 257 g/mol. The van der Waals surface area contributed by atoms with Crippen LogP contribution in [0, 0.1) is 0 Å². The summed E-state index contributed by atoms with van der Waals surface area (Å²) < 4.78 is 0. The second-order valence-corrected chi connectivity index (χ2v) is 5.00. The standard InChI is InChI=1S/C15H15NO3/c17-14-9-13(11-3-1-2-4-12(11)14)10-5-7-16(8-6-10)15(18)19/h1-4H,5-9H2,(H,18,19). The fourth-order valence-electron chi connectivity index (χ4n) is 2.93. The van der Waals surface area contributed by atoms with Crippen molar-refractivity contribution in [3.63, 3.8) is 0 Å². The number of ketones is 1. The molecule has 4 heteroatoms. The molecule has 4 nitrogen and oxygen atoms in total. The number of amides is 1. The number of allylic oxidation sites excluding steroid dienone is 1. The molecular formula is C15H15NO3. The van der Waals surface area contributed by atoms with Crippen LogP contribution < -0.4 is 0 Å². The van der Waals surface area contributed by atoms with Gasteiger partial charge in [0.15, 0.2) is 5.78 Å². The summed E-state index contributed by atoms with van der Waals surface area (Å²) in [7, 11) is 0. The van der Waals surface area contributed by atoms with Crippen LogP contribution in [0.5, 0.6) is 0 Å². The summed E-state index contributed by atoms with van der Waals surface area (Å²) in [6.45, 7) is 1.06. The summed E-state index contributed by atoms with van der Waals surface area (Å²) in [6.07, 6.45) is 1.10. The summed E-state index contributed by atoms with van der Waals surface area (Å²) in [5, 5.41) is 8.95. The molecule has 0 radical (unpaired) electrons. The Balaban J connectivity index is 1.90. The SMILES string of the molecule is O=C1CC(=C2CCN(C(=O)O)CC2)c2ccccc21. The first-order valence-electron chi connectivity index (χ1n) is 6.48. The van der Waals surface area contributed by atoms with E-state index in [1.807, 2.05) is 24.3 Å². The third kappa shape index (κ3) is 2.03. The number of hydrogen-bond acceptors (Lipinski definition) is 2. The van der Waals surface area contributed by atoms with E-state index in [0.717, 1.165) is 29.5 Å². The molecule has 1 aliphatic heterocycles. The number of rotatable bonds is 0. The third-order valence-electron chi connectivity index (χ3n) is 3.95. The van der Waals surface area contributed by atoms with Crippen molar-refractivity contribution in [3.05, 3.63) is 41.0 Å². The Morgan fingerprint density at radius 1 is 1.11 bits per heavy atom. The summed E-state index contributed by atoms with van der Waals surface area (Å²) in [4.78, 5) is 24.3. The van der Waals surface area contributed by atoms with Crippen molar-refractivity contribution in [2.45, 2.75) is 19.3 Å². The van der Waals surface area contributed by atoms with E-state index in [1.54, 1.807) is 0 Å². The number of Topliss-reactive ketones (excluding diaryl/α,β-unsaturated/α-hetero) is 1. The predicted molar refractivity (Wildman–Crippen MR) is 71.1 cm³/mol. The van der Waals surface area contributed by atoms with Crippen LogP contribution in [0.1, 0.15) is 35.2 Å². The molecule has 0 saturated carbocycles. The van der Waals surface area contributed by atoms with E-state index in [9.17, 15) is 9.59 Å². The molecule has 1 aromatic rings. The number of fused-ring (bicyclic) bond motifs is 1. The minimum Gasteiger partial charge on any atom is -0.465 e. The van der Waals surface area contributed by atoms with Crippen molar-refractivity contribution in [2.24, 2.45) is 0 Å². The minimum absolute atomic E-state index is 0.179. The Hall–Kier alpha value is -2.10. The second-order valence-electron chi connectivity index (χ2n) is 5.00. The van der Waals surface area contributed by atoms with Crippen LogP contribution in [0.4, 0.5) is 4.79 Å². The second kappa shape index (κ2) is 4.53. The van der Waals surface area contributed by atoms with Crippen molar-refractivity contribution in [3.8, 4) is 0 Å². The van der Waals surface area contributed by atoms with Crippen molar-refractivity contribution in [1.82, 2.24) is 4.90 Å². The Bertz CT molecular complexity index is 579. The lowest BCUT2D eigenvalue weighted by molar-refractivity contribution is 0.100. The summed E-state index contributed by atoms with van der Waals surface area (Å²) in [6, 6.07) is 7.70. The highest BCUT2D eigenvalue weighted by Gasteiger charge is 2.28. The van der Waals surface area contributed by atoms with Crippen molar-refractivity contribution in [2.75, 3.05) is 13.1 Å². The zero-order valence-electron chi connectivity index (χ0n) is 10.6. The van der Waals surface area contributed by atoms with E-state index >= 15 is 0 Å². The largest absolute Gasteiger partial charge is 0.465 e. The first kappa shape index (κ1) is 12.0. The van der Waals surface area contributed by atoms with Gasteiger partial charge in [-0.3, -0.25) is 4.79 Å². The molecule has 0 atom stereocenters. The highest BCUT2D eigenvalue weighted by atomic mass is 16.4. The van der Waals surface area contributed by atoms with Crippen LogP contribution in [0.3, 0.4) is 0 Å². The smallest absolute Gasteiger partial charge is 0.407 e. The van der Waals surface area contributed by atoms with Gasteiger partial charge < -0.3 is 10.0 Å². The highest BCUT2D eigenvalue weighted by Crippen LogP contribution is 2.37. The van der Waals surface area contributed by atoms with E-state index in [0.29, 0.717) is 19.5 Å². The minimum atomic E-state index is -0.855. The Morgan fingerprint density at radius 2 is 1.74 bits per heavy atom. The average Bonchev–Trinajstić information content (AvgIpc) is 2.77. The molecule has 1 fully saturated rings. The zero-order chi connectivity index (χ0) is 13.4. The Kier molecular flexibility index (Phi) is 2.85. The monoisotopic (exact) mass is 257 g/mol. The van der Waals surface area contributed by atoms with Gasteiger partial charge in [0.25, 0.3) is 0 Å². The van der Waals surface area contributed by atoms with Crippen molar-refractivity contribution in [1.29, 1.82) is 0 Å². The summed E-state index contributed by atoms with van der Waals surface area (Å²) in [5.41, 5.74) is 4.23. The molecule has 0 aromatic heterocycles. The molecule has 19 heavy (non-hydrogen) atoms. The fourth-order valence-corrected chi connectivity index (χ4v) is 2.93.